The zero-order valence-electron chi connectivity index (χ0n) is 18.2. The van der Waals surface area contributed by atoms with E-state index in [0.717, 1.165) is 40.6 Å². The van der Waals surface area contributed by atoms with E-state index < -0.39 is 0 Å². The Hall–Kier alpha value is -2.53. The molecule has 5 heteroatoms. The molecule has 156 valence electrons. The Balaban J connectivity index is 1.56. The number of carbonyl (C=O) groups is 1. The lowest BCUT2D eigenvalue weighted by molar-refractivity contribution is -0.121. The zero-order chi connectivity index (χ0) is 21.3. The molecule has 0 aliphatic carbocycles. The van der Waals surface area contributed by atoms with Crippen molar-refractivity contribution in [2.45, 2.75) is 40.0 Å². The number of amidine groups is 1. The fraction of sp³-hybridized carbons (Fsp3) is 0.360. The molecule has 0 aromatic heterocycles. The van der Waals surface area contributed by atoms with E-state index in [1.807, 2.05) is 6.08 Å². The summed E-state index contributed by atoms with van der Waals surface area (Å²) in [7, 11) is 1.80. The lowest BCUT2D eigenvalue weighted by atomic mass is 10.1. The summed E-state index contributed by atoms with van der Waals surface area (Å²) < 4.78 is 0. The monoisotopic (exact) mass is 419 g/mol. The Morgan fingerprint density at radius 3 is 2.23 bits per heavy atom. The first-order valence-electron chi connectivity index (χ1n) is 10.6. The van der Waals surface area contributed by atoms with E-state index in [1.54, 1.807) is 11.9 Å². The largest absolute Gasteiger partial charge is 0.372 e. The number of benzene rings is 2. The molecule has 2 aliphatic rings. The van der Waals surface area contributed by atoms with Crippen molar-refractivity contribution >= 4 is 40.3 Å². The molecule has 2 aromatic carbocycles. The molecule has 0 saturated carbocycles. The molecule has 0 radical (unpaired) electrons. The fourth-order valence-corrected chi connectivity index (χ4v) is 5.15. The van der Waals surface area contributed by atoms with Crippen LogP contribution >= 0.6 is 11.8 Å². The van der Waals surface area contributed by atoms with Crippen molar-refractivity contribution in [1.29, 1.82) is 0 Å². The van der Waals surface area contributed by atoms with Crippen LogP contribution in [0.3, 0.4) is 0 Å². The highest BCUT2D eigenvalue weighted by Crippen LogP contribution is 2.35. The van der Waals surface area contributed by atoms with Gasteiger partial charge in [-0.3, -0.25) is 9.69 Å². The molecule has 1 amide bonds. The SMILES string of the molecule is Cc1cc(C)c(N=C2S/C(=C\c3ccc(N4CCCCC4)cc3)C(=O)N2C)c(C)c1. The third-order valence-corrected chi connectivity index (χ3v) is 6.82. The second-order valence-corrected chi connectivity index (χ2v) is 9.26. The standard InChI is InChI=1S/C25H29N3OS/c1-17-14-18(2)23(19(3)15-17)26-25-27(4)24(29)22(30-25)16-20-8-10-21(11-9-20)28-12-6-5-7-13-28/h8-11,14-16H,5-7,12-13H2,1-4H3/b22-16-,26-25?. The number of aryl methyl sites for hydroxylation is 3. The number of hydrogen-bond donors (Lipinski definition) is 0. The number of likely N-dealkylation sites (N-methyl/N-ethyl adjacent to an activating group) is 1. The first kappa shape index (κ1) is 20.7. The Kier molecular flexibility index (Phi) is 6.00. The maximum absolute atomic E-state index is 12.8. The molecule has 0 atom stereocenters. The molecule has 4 nitrogen and oxygen atoms in total. The number of aliphatic imine (C=N–C) groups is 1. The first-order valence-corrected chi connectivity index (χ1v) is 11.4. The van der Waals surface area contributed by atoms with Crippen molar-refractivity contribution in [3.8, 4) is 0 Å². The third kappa shape index (κ3) is 4.31. The molecule has 0 spiro atoms. The maximum Gasteiger partial charge on any atom is 0.266 e. The summed E-state index contributed by atoms with van der Waals surface area (Å²) in [5.41, 5.74) is 6.76. The van der Waals surface area contributed by atoms with E-state index in [-0.39, 0.29) is 5.91 Å². The molecule has 0 bridgehead atoms. The second-order valence-electron chi connectivity index (χ2n) is 8.26. The fourth-order valence-electron chi connectivity index (χ4n) is 4.18. The predicted octanol–water partition coefficient (Wildman–Crippen LogP) is 5.84. The summed E-state index contributed by atoms with van der Waals surface area (Å²) in [4.78, 5) is 22.4. The Morgan fingerprint density at radius 1 is 0.967 bits per heavy atom. The van der Waals surface area contributed by atoms with Gasteiger partial charge >= 0.3 is 0 Å². The van der Waals surface area contributed by atoms with Crippen LogP contribution in [0, 0.1) is 20.8 Å². The molecule has 2 heterocycles. The van der Waals surface area contributed by atoms with Crippen LogP contribution in [-0.4, -0.2) is 36.1 Å². The molecule has 2 aromatic rings. The molecule has 4 rings (SSSR count). The Bertz CT molecular complexity index is 994. The van der Waals surface area contributed by atoms with Crippen molar-refractivity contribution in [2.75, 3.05) is 25.0 Å². The molecular formula is C25H29N3OS. The van der Waals surface area contributed by atoms with Crippen LogP contribution in [0.5, 0.6) is 0 Å². The highest BCUT2D eigenvalue weighted by atomic mass is 32.2. The zero-order valence-corrected chi connectivity index (χ0v) is 19.1. The van der Waals surface area contributed by atoms with Gasteiger partial charge in [-0.15, -0.1) is 0 Å². The number of anilines is 1. The predicted molar refractivity (Wildman–Crippen MR) is 129 cm³/mol. The summed E-state index contributed by atoms with van der Waals surface area (Å²) in [6.45, 7) is 8.51. The second kappa shape index (κ2) is 8.68. The quantitative estimate of drug-likeness (QED) is 0.587. The van der Waals surface area contributed by atoms with E-state index in [0.29, 0.717) is 4.91 Å². The van der Waals surface area contributed by atoms with Crippen molar-refractivity contribution in [2.24, 2.45) is 4.99 Å². The van der Waals surface area contributed by atoms with Gasteiger partial charge in [0.05, 0.1) is 10.6 Å². The molecule has 30 heavy (non-hydrogen) atoms. The van der Waals surface area contributed by atoms with E-state index >= 15 is 0 Å². The summed E-state index contributed by atoms with van der Waals surface area (Å²) >= 11 is 1.45. The van der Waals surface area contributed by atoms with Gasteiger partial charge in [0.1, 0.15) is 0 Å². The van der Waals surface area contributed by atoms with E-state index in [4.69, 9.17) is 4.99 Å². The average molecular weight is 420 g/mol. The maximum atomic E-state index is 12.8. The molecule has 2 saturated heterocycles. The number of rotatable bonds is 3. The van der Waals surface area contributed by atoms with Gasteiger partial charge in [-0.2, -0.15) is 0 Å². The van der Waals surface area contributed by atoms with Gasteiger partial charge in [0.2, 0.25) is 0 Å². The summed E-state index contributed by atoms with van der Waals surface area (Å²) in [5.74, 6) is 0.00118. The van der Waals surface area contributed by atoms with Crippen LogP contribution in [0.2, 0.25) is 0 Å². The lowest BCUT2D eigenvalue weighted by Gasteiger charge is -2.28. The van der Waals surface area contributed by atoms with Crippen LogP contribution in [0.25, 0.3) is 6.08 Å². The smallest absolute Gasteiger partial charge is 0.266 e. The normalized spacial score (nSPS) is 19.9. The van der Waals surface area contributed by atoms with Gasteiger partial charge in [0, 0.05) is 25.8 Å². The van der Waals surface area contributed by atoms with Crippen molar-refractivity contribution < 1.29 is 4.79 Å². The van der Waals surface area contributed by atoms with E-state index in [2.05, 4.69) is 62.1 Å². The van der Waals surface area contributed by atoms with E-state index in [9.17, 15) is 4.79 Å². The molecular weight excluding hydrogens is 390 g/mol. The van der Waals surface area contributed by atoms with E-state index in [1.165, 1.54) is 42.3 Å². The average Bonchev–Trinajstić information content (AvgIpc) is 2.99. The molecule has 2 fully saturated rings. The molecule has 0 N–H and O–H groups in total. The van der Waals surface area contributed by atoms with Gasteiger partial charge in [-0.1, -0.05) is 29.8 Å². The van der Waals surface area contributed by atoms with Gasteiger partial charge < -0.3 is 4.90 Å². The lowest BCUT2D eigenvalue weighted by Crippen LogP contribution is -2.29. The van der Waals surface area contributed by atoms with Gasteiger partial charge in [0.15, 0.2) is 5.17 Å². The Morgan fingerprint density at radius 2 is 1.60 bits per heavy atom. The topological polar surface area (TPSA) is 35.9 Å². The molecule has 2 aliphatic heterocycles. The number of carbonyl (C=O) groups excluding carboxylic acids is 1. The van der Waals surface area contributed by atoms with Crippen LogP contribution in [0.1, 0.15) is 41.5 Å². The van der Waals surface area contributed by atoms with Crippen LogP contribution < -0.4 is 4.90 Å². The summed E-state index contributed by atoms with van der Waals surface area (Å²) in [6, 6.07) is 12.8. The van der Waals surface area contributed by atoms with Crippen LogP contribution in [-0.2, 0) is 4.79 Å². The number of thioether (sulfide) groups is 1. The van der Waals surface area contributed by atoms with Crippen molar-refractivity contribution in [1.82, 2.24) is 4.90 Å². The van der Waals surface area contributed by atoms with Crippen molar-refractivity contribution in [3.63, 3.8) is 0 Å². The number of piperidine rings is 1. The third-order valence-electron chi connectivity index (χ3n) is 5.76. The highest BCUT2D eigenvalue weighted by molar-refractivity contribution is 8.18. The van der Waals surface area contributed by atoms with Crippen molar-refractivity contribution in [3.05, 3.63) is 63.6 Å². The summed E-state index contributed by atoms with van der Waals surface area (Å²) in [6.07, 6.45) is 5.84. The van der Waals surface area contributed by atoms with Gasteiger partial charge in [0.25, 0.3) is 5.91 Å². The molecule has 0 unspecified atom stereocenters. The minimum absolute atomic E-state index is 0.00118. The number of hydrogen-bond acceptors (Lipinski definition) is 4. The minimum atomic E-state index is 0.00118. The summed E-state index contributed by atoms with van der Waals surface area (Å²) in [5, 5.41) is 0.728. The minimum Gasteiger partial charge on any atom is -0.372 e. The first-order chi connectivity index (χ1) is 14.4. The van der Waals surface area contributed by atoms with Gasteiger partial charge in [-0.05, 0) is 86.7 Å². The number of nitrogens with zero attached hydrogens (tertiary/aromatic N) is 3. The Labute approximate surface area is 183 Å². The highest BCUT2D eigenvalue weighted by Gasteiger charge is 2.30. The van der Waals surface area contributed by atoms with Crippen LogP contribution in [0.4, 0.5) is 11.4 Å². The van der Waals surface area contributed by atoms with Crippen LogP contribution in [0.15, 0.2) is 46.3 Å². The number of amides is 1. The van der Waals surface area contributed by atoms with Gasteiger partial charge in [-0.25, -0.2) is 4.99 Å².